The lowest BCUT2D eigenvalue weighted by atomic mass is 10.3. The van der Waals surface area contributed by atoms with Crippen LogP contribution in [0.4, 0.5) is 5.82 Å². The number of hydrogen-bond acceptors (Lipinski definition) is 5. The summed E-state index contributed by atoms with van der Waals surface area (Å²) in [4.78, 5) is 23.7. The standard InChI is InChI=1S/C11H8ClN5O3S/c12-9-4-13-5-10(16-9)17-21(19,20)6-1-2-7-8(3-6)15-11(18)14-7/h1-5H,(H,16,17)(H2,14,15,18). The van der Waals surface area contributed by atoms with Crippen LogP contribution in [0.25, 0.3) is 11.0 Å². The van der Waals surface area contributed by atoms with Crippen molar-refractivity contribution in [2.24, 2.45) is 0 Å². The van der Waals surface area contributed by atoms with Gasteiger partial charge in [-0.1, -0.05) is 11.6 Å². The van der Waals surface area contributed by atoms with Crippen molar-refractivity contribution >= 4 is 38.5 Å². The maximum absolute atomic E-state index is 12.2. The lowest BCUT2D eigenvalue weighted by molar-refractivity contribution is 0.601. The molecule has 3 aromatic rings. The molecule has 0 saturated heterocycles. The van der Waals surface area contributed by atoms with Gasteiger partial charge in [-0.3, -0.25) is 9.71 Å². The predicted octanol–water partition coefficient (Wildman–Crippen LogP) is 1.10. The largest absolute Gasteiger partial charge is 0.323 e. The Morgan fingerprint density at radius 3 is 2.67 bits per heavy atom. The number of rotatable bonds is 3. The molecule has 1 aromatic carbocycles. The zero-order chi connectivity index (χ0) is 15.0. The van der Waals surface area contributed by atoms with Gasteiger partial charge in [-0.25, -0.2) is 18.2 Å². The van der Waals surface area contributed by atoms with Gasteiger partial charge in [0.25, 0.3) is 10.0 Å². The summed E-state index contributed by atoms with van der Waals surface area (Å²) >= 11 is 5.65. The number of imidazole rings is 1. The average Bonchev–Trinajstić information content (AvgIpc) is 2.77. The number of nitrogens with one attached hydrogen (secondary N) is 3. The smallest absolute Gasteiger partial charge is 0.306 e. The topological polar surface area (TPSA) is 121 Å². The summed E-state index contributed by atoms with van der Waals surface area (Å²) in [7, 11) is -3.86. The summed E-state index contributed by atoms with van der Waals surface area (Å²) < 4.78 is 26.7. The van der Waals surface area contributed by atoms with E-state index < -0.39 is 15.7 Å². The number of fused-ring (bicyclic) bond motifs is 1. The quantitative estimate of drug-likeness (QED) is 0.666. The minimum Gasteiger partial charge on any atom is -0.306 e. The van der Waals surface area contributed by atoms with E-state index in [-0.39, 0.29) is 15.9 Å². The van der Waals surface area contributed by atoms with Crippen LogP contribution in [0.2, 0.25) is 5.15 Å². The highest BCUT2D eigenvalue weighted by Gasteiger charge is 2.16. The summed E-state index contributed by atoms with van der Waals surface area (Å²) in [6.45, 7) is 0. The highest BCUT2D eigenvalue weighted by Crippen LogP contribution is 2.18. The molecule has 0 aliphatic carbocycles. The molecule has 0 spiro atoms. The Kier molecular flexibility index (Phi) is 3.15. The van der Waals surface area contributed by atoms with E-state index in [4.69, 9.17) is 11.6 Å². The number of hydrogen-bond donors (Lipinski definition) is 3. The molecule has 0 radical (unpaired) electrons. The van der Waals surface area contributed by atoms with Gasteiger partial charge >= 0.3 is 5.69 Å². The van der Waals surface area contributed by atoms with E-state index in [0.717, 1.165) is 0 Å². The number of benzene rings is 1. The molecule has 0 saturated carbocycles. The van der Waals surface area contributed by atoms with Crippen LogP contribution in [0.1, 0.15) is 0 Å². The third-order valence-corrected chi connectivity index (χ3v) is 4.18. The molecular formula is C11H8ClN5O3S. The molecule has 108 valence electrons. The van der Waals surface area contributed by atoms with Crippen LogP contribution in [-0.4, -0.2) is 28.4 Å². The van der Waals surface area contributed by atoms with Gasteiger partial charge < -0.3 is 9.97 Å². The first-order valence-electron chi connectivity index (χ1n) is 5.66. The Hall–Kier alpha value is -2.39. The highest BCUT2D eigenvalue weighted by atomic mass is 35.5. The van der Waals surface area contributed by atoms with Crippen LogP contribution >= 0.6 is 11.6 Å². The van der Waals surface area contributed by atoms with E-state index >= 15 is 0 Å². The Labute approximate surface area is 123 Å². The first-order chi connectivity index (χ1) is 9.94. The molecule has 0 unspecified atom stereocenters. The van der Waals surface area contributed by atoms with Crippen LogP contribution < -0.4 is 10.4 Å². The van der Waals surface area contributed by atoms with Gasteiger partial charge in [-0.2, -0.15) is 0 Å². The molecular weight excluding hydrogens is 318 g/mol. The van der Waals surface area contributed by atoms with Crippen molar-refractivity contribution in [3.63, 3.8) is 0 Å². The van der Waals surface area contributed by atoms with Crippen molar-refractivity contribution in [2.75, 3.05) is 4.72 Å². The molecule has 2 aromatic heterocycles. The van der Waals surface area contributed by atoms with Crippen LogP contribution in [0, 0.1) is 0 Å². The average molecular weight is 326 g/mol. The third-order valence-electron chi connectivity index (χ3n) is 2.64. The van der Waals surface area contributed by atoms with Gasteiger partial charge in [0.15, 0.2) is 5.82 Å². The van der Waals surface area contributed by atoms with Gasteiger partial charge in [0.1, 0.15) is 5.15 Å². The molecule has 0 bridgehead atoms. The Morgan fingerprint density at radius 2 is 1.90 bits per heavy atom. The number of sulfonamides is 1. The zero-order valence-electron chi connectivity index (χ0n) is 10.3. The normalized spacial score (nSPS) is 11.7. The minimum absolute atomic E-state index is 0.00478. The Bertz CT molecular complexity index is 979. The van der Waals surface area contributed by atoms with Crippen LogP contribution in [0.15, 0.2) is 40.3 Å². The van der Waals surface area contributed by atoms with Crippen molar-refractivity contribution < 1.29 is 8.42 Å². The molecule has 2 heterocycles. The number of aromatic amines is 2. The van der Waals surface area contributed by atoms with E-state index in [2.05, 4.69) is 24.7 Å². The van der Waals surface area contributed by atoms with Crippen molar-refractivity contribution in [1.82, 2.24) is 19.9 Å². The third kappa shape index (κ3) is 2.73. The Balaban J connectivity index is 2.01. The van der Waals surface area contributed by atoms with E-state index in [9.17, 15) is 13.2 Å². The Morgan fingerprint density at radius 1 is 1.14 bits per heavy atom. The molecule has 0 aliphatic heterocycles. The number of anilines is 1. The number of aromatic nitrogens is 4. The molecule has 3 N–H and O–H groups in total. The number of halogens is 1. The molecule has 0 amide bonds. The second-order valence-corrected chi connectivity index (χ2v) is 6.19. The summed E-state index contributed by atoms with van der Waals surface area (Å²) in [5.41, 5.74) is 0.495. The maximum Gasteiger partial charge on any atom is 0.323 e. The molecule has 21 heavy (non-hydrogen) atoms. The van der Waals surface area contributed by atoms with Crippen LogP contribution in [0.3, 0.4) is 0 Å². The van der Waals surface area contributed by atoms with E-state index in [1.54, 1.807) is 0 Å². The predicted molar refractivity (Wildman–Crippen MR) is 76.8 cm³/mol. The fraction of sp³-hybridized carbons (Fsp3) is 0. The summed E-state index contributed by atoms with van der Waals surface area (Å²) in [5, 5.41) is 0.0700. The molecule has 0 fully saturated rings. The highest BCUT2D eigenvalue weighted by molar-refractivity contribution is 7.92. The van der Waals surface area contributed by atoms with E-state index in [1.165, 1.54) is 30.6 Å². The van der Waals surface area contributed by atoms with Crippen LogP contribution in [0.5, 0.6) is 0 Å². The first kappa shape index (κ1) is 13.6. The molecule has 0 atom stereocenters. The lowest BCUT2D eigenvalue weighted by Gasteiger charge is -2.07. The van der Waals surface area contributed by atoms with Crippen LogP contribution in [-0.2, 0) is 10.0 Å². The molecule has 0 aliphatic rings. The molecule has 10 heteroatoms. The van der Waals surface area contributed by atoms with E-state index in [0.29, 0.717) is 11.0 Å². The lowest BCUT2D eigenvalue weighted by Crippen LogP contribution is -2.14. The van der Waals surface area contributed by atoms with Crippen molar-refractivity contribution in [3.05, 3.63) is 46.2 Å². The van der Waals surface area contributed by atoms with Gasteiger partial charge in [0.2, 0.25) is 0 Å². The maximum atomic E-state index is 12.2. The summed E-state index contributed by atoms with van der Waals surface area (Å²) in [5.74, 6) is 0.00478. The van der Waals surface area contributed by atoms with Gasteiger partial charge in [0.05, 0.1) is 28.3 Å². The second-order valence-electron chi connectivity index (χ2n) is 4.12. The summed E-state index contributed by atoms with van der Waals surface area (Å²) in [6, 6.07) is 4.20. The van der Waals surface area contributed by atoms with Gasteiger partial charge in [-0.05, 0) is 18.2 Å². The van der Waals surface area contributed by atoms with Gasteiger partial charge in [-0.15, -0.1) is 0 Å². The first-order valence-corrected chi connectivity index (χ1v) is 7.52. The SMILES string of the molecule is O=c1[nH]c2ccc(S(=O)(=O)Nc3cncc(Cl)n3)cc2[nH]1. The monoisotopic (exact) mass is 325 g/mol. The molecule has 8 nitrogen and oxygen atoms in total. The van der Waals surface area contributed by atoms with E-state index in [1.807, 2.05) is 0 Å². The zero-order valence-corrected chi connectivity index (χ0v) is 11.9. The van der Waals surface area contributed by atoms with Gasteiger partial charge in [0, 0.05) is 0 Å². The van der Waals surface area contributed by atoms with Crippen molar-refractivity contribution in [2.45, 2.75) is 4.90 Å². The number of H-pyrrole nitrogens is 2. The fourth-order valence-electron chi connectivity index (χ4n) is 1.77. The number of nitrogens with zero attached hydrogens (tertiary/aromatic N) is 2. The molecule has 3 rings (SSSR count). The summed E-state index contributed by atoms with van der Waals surface area (Å²) in [6.07, 6.45) is 2.52. The van der Waals surface area contributed by atoms with Crippen molar-refractivity contribution in [3.8, 4) is 0 Å². The fourth-order valence-corrected chi connectivity index (χ4v) is 2.93. The second kappa shape index (κ2) is 4.86. The van der Waals surface area contributed by atoms with Crippen molar-refractivity contribution in [1.29, 1.82) is 0 Å². The minimum atomic E-state index is -3.86.